The minimum atomic E-state index is -0.390. The van der Waals surface area contributed by atoms with Crippen LogP contribution in [0.15, 0.2) is 22.7 Å². The van der Waals surface area contributed by atoms with Crippen molar-refractivity contribution in [3.05, 3.63) is 22.7 Å². The number of rotatable bonds is 8. The lowest BCUT2D eigenvalue weighted by Gasteiger charge is -2.07. The van der Waals surface area contributed by atoms with Crippen molar-refractivity contribution in [2.45, 2.75) is 38.5 Å². The summed E-state index contributed by atoms with van der Waals surface area (Å²) < 4.78 is 0.741. The van der Waals surface area contributed by atoms with E-state index in [2.05, 4.69) is 21.2 Å². The highest BCUT2D eigenvalue weighted by molar-refractivity contribution is 9.10. The Balaban J connectivity index is 2.18. The second kappa shape index (κ2) is 9.36. The van der Waals surface area contributed by atoms with Crippen molar-refractivity contribution in [1.29, 1.82) is 0 Å². The van der Waals surface area contributed by atoms with Crippen molar-refractivity contribution >= 4 is 33.4 Å². The lowest BCUT2D eigenvalue weighted by Crippen LogP contribution is -2.17. The van der Waals surface area contributed by atoms with Crippen LogP contribution in [0.1, 0.15) is 38.5 Å². The van der Waals surface area contributed by atoms with E-state index in [0.717, 1.165) is 17.3 Å². The fourth-order valence-corrected chi connectivity index (χ4v) is 2.15. The van der Waals surface area contributed by atoms with Gasteiger partial charge in [0.05, 0.1) is 5.69 Å². The number of carbonyl (C=O) groups excluding carboxylic acids is 2. The molecule has 6 nitrogen and oxygen atoms in total. The van der Waals surface area contributed by atoms with Crippen LogP contribution in [0, 0.1) is 0 Å². The predicted molar refractivity (Wildman–Crippen MR) is 82.1 cm³/mol. The van der Waals surface area contributed by atoms with E-state index in [1.807, 2.05) is 0 Å². The molecule has 0 aliphatic rings. The average molecular weight is 359 g/mol. The number of phenolic OH excluding ortho intramolecular Hbond substituents is 1. The molecule has 116 valence electrons. The van der Waals surface area contributed by atoms with E-state index in [4.69, 9.17) is 5.21 Å². The SMILES string of the molecule is O=C(CCCCCCC(=O)Nc1ccc(Br)cc1O)NO. The molecule has 4 N–H and O–H groups in total. The van der Waals surface area contributed by atoms with Gasteiger partial charge in [0.1, 0.15) is 5.75 Å². The number of unbranched alkanes of at least 4 members (excludes halogenated alkanes) is 3. The van der Waals surface area contributed by atoms with Gasteiger partial charge >= 0.3 is 0 Å². The molecule has 0 aliphatic carbocycles. The smallest absolute Gasteiger partial charge is 0.243 e. The van der Waals surface area contributed by atoms with Crippen molar-refractivity contribution in [3.63, 3.8) is 0 Å². The second-order valence-electron chi connectivity index (χ2n) is 4.66. The third-order valence-corrected chi connectivity index (χ3v) is 3.41. The Morgan fingerprint density at radius 3 is 2.24 bits per heavy atom. The van der Waals surface area contributed by atoms with Crippen molar-refractivity contribution < 1.29 is 19.9 Å². The molecule has 0 spiro atoms. The molecule has 1 aromatic carbocycles. The zero-order valence-electron chi connectivity index (χ0n) is 11.6. The molecule has 0 fully saturated rings. The van der Waals surface area contributed by atoms with Gasteiger partial charge in [-0.1, -0.05) is 28.8 Å². The lowest BCUT2D eigenvalue weighted by atomic mass is 10.1. The number of phenols is 1. The Morgan fingerprint density at radius 2 is 1.67 bits per heavy atom. The molecule has 0 aliphatic heterocycles. The summed E-state index contributed by atoms with van der Waals surface area (Å²) in [7, 11) is 0. The van der Waals surface area contributed by atoms with Gasteiger partial charge < -0.3 is 10.4 Å². The molecule has 0 aromatic heterocycles. The van der Waals surface area contributed by atoms with E-state index in [9.17, 15) is 14.7 Å². The summed E-state index contributed by atoms with van der Waals surface area (Å²) in [5.41, 5.74) is 1.97. The molecule has 2 amide bonds. The number of amides is 2. The van der Waals surface area contributed by atoms with Gasteiger partial charge in [-0.3, -0.25) is 14.8 Å². The Labute approximate surface area is 131 Å². The highest BCUT2D eigenvalue weighted by Crippen LogP contribution is 2.26. The summed E-state index contributed by atoms with van der Waals surface area (Å²) in [6, 6.07) is 4.88. The van der Waals surface area contributed by atoms with Crippen LogP contribution in [-0.4, -0.2) is 22.1 Å². The number of hydroxylamine groups is 1. The molecular formula is C14H19BrN2O4. The van der Waals surface area contributed by atoms with Crippen LogP contribution in [0.4, 0.5) is 5.69 Å². The zero-order chi connectivity index (χ0) is 15.7. The monoisotopic (exact) mass is 358 g/mol. The molecule has 0 bridgehead atoms. The molecule has 1 aromatic rings. The molecule has 7 heteroatoms. The fourth-order valence-electron chi connectivity index (χ4n) is 1.80. The zero-order valence-corrected chi connectivity index (χ0v) is 13.1. The highest BCUT2D eigenvalue weighted by atomic mass is 79.9. The number of aromatic hydroxyl groups is 1. The Hall–Kier alpha value is -1.60. The van der Waals surface area contributed by atoms with Crippen LogP contribution in [-0.2, 0) is 9.59 Å². The molecule has 0 heterocycles. The van der Waals surface area contributed by atoms with Gasteiger partial charge in [-0.05, 0) is 31.0 Å². The summed E-state index contributed by atoms with van der Waals surface area (Å²) in [4.78, 5) is 22.5. The number of carbonyl (C=O) groups is 2. The Kier molecular flexibility index (Phi) is 7.78. The summed E-state index contributed by atoms with van der Waals surface area (Å²) in [5.74, 6) is -0.521. The van der Waals surface area contributed by atoms with E-state index >= 15 is 0 Å². The third kappa shape index (κ3) is 7.10. The Bertz CT molecular complexity index is 494. The summed E-state index contributed by atoms with van der Waals surface area (Å²) in [5, 5.41) is 20.6. The maximum Gasteiger partial charge on any atom is 0.243 e. The molecule has 0 radical (unpaired) electrons. The standard InChI is InChI=1S/C14H19BrN2O4/c15-10-7-8-11(12(18)9-10)16-13(19)5-3-1-2-4-6-14(20)17-21/h7-9,18,21H,1-6H2,(H,16,19)(H,17,20). The first kappa shape index (κ1) is 17.5. The van der Waals surface area contributed by atoms with Gasteiger partial charge in [0.25, 0.3) is 0 Å². The maximum atomic E-state index is 11.7. The fraction of sp³-hybridized carbons (Fsp3) is 0.429. The molecule has 0 unspecified atom stereocenters. The quantitative estimate of drug-likeness (QED) is 0.248. The first-order valence-electron chi connectivity index (χ1n) is 6.74. The largest absolute Gasteiger partial charge is 0.506 e. The summed E-state index contributed by atoms with van der Waals surface area (Å²) in [6.45, 7) is 0. The number of anilines is 1. The topological polar surface area (TPSA) is 98.7 Å². The number of hydrogen-bond donors (Lipinski definition) is 4. The van der Waals surface area contributed by atoms with Crippen LogP contribution in [0.5, 0.6) is 5.75 Å². The number of halogens is 1. The average Bonchev–Trinajstić information content (AvgIpc) is 2.45. The van der Waals surface area contributed by atoms with Crippen LogP contribution < -0.4 is 10.8 Å². The summed E-state index contributed by atoms with van der Waals surface area (Å²) in [6.07, 6.45) is 3.70. The first-order valence-corrected chi connectivity index (χ1v) is 7.53. The number of nitrogens with one attached hydrogen (secondary N) is 2. The van der Waals surface area contributed by atoms with Gasteiger partial charge in [0.15, 0.2) is 0 Å². The molecule has 0 atom stereocenters. The molecule has 1 rings (SSSR count). The second-order valence-corrected chi connectivity index (χ2v) is 5.57. The van der Waals surface area contributed by atoms with E-state index < -0.39 is 5.91 Å². The van der Waals surface area contributed by atoms with Gasteiger partial charge in [-0.25, -0.2) is 5.48 Å². The summed E-state index contributed by atoms with van der Waals surface area (Å²) >= 11 is 3.23. The van der Waals surface area contributed by atoms with Gasteiger partial charge in [-0.15, -0.1) is 0 Å². The van der Waals surface area contributed by atoms with Gasteiger partial charge in [0.2, 0.25) is 11.8 Å². The third-order valence-electron chi connectivity index (χ3n) is 2.92. The normalized spacial score (nSPS) is 10.2. The van der Waals surface area contributed by atoms with Crippen LogP contribution in [0.3, 0.4) is 0 Å². The van der Waals surface area contributed by atoms with Crippen molar-refractivity contribution in [2.75, 3.05) is 5.32 Å². The molecular weight excluding hydrogens is 340 g/mol. The number of benzene rings is 1. The van der Waals surface area contributed by atoms with Crippen LogP contribution in [0.2, 0.25) is 0 Å². The van der Waals surface area contributed by atoms with E-state index in [0.29, 0.717) is 24.9 Å². The minimum Gasteiger partial charge on any atom is -0.506 e. The lowest BCUT2D eigenvalue weighted by molar-refractivity contribution is -0.129. The molecule has 0 saturated carbocycles. The van der Waals surface area contributed by atoms with E-state index in [1.54, 1.807) is 17.6 Å². The van der Waals surface area contributed by atoms with Crippen molar-refractivity contribution in [2.24, 2.45) is 0 Å². The minimum absolute atomic E-state index is 0.0211. The van der Waals surface area contributed by atoms with E-state index in [-0.39, 0.29) is 18.1 Å². The predicted octanol–water partition coefficient (Wildman–Crippen LogP) is 2.94. The number of hydrogen-bond acceptors (Lipinski definition) is 4. The van der Waals surface area contributed by atoms with Gasteiger partial charge in [-0.2, -0.15) is 0 Å². The van der Waals surface area contributed by atoms with Crippen LogP contribution in [0.25, 0.3) is 0 Å². The van der Waals surface area contributed by atoms with Gasteiger partial charge in [0, 0.05) is 17.3 Å². The van der Waals surface area contributed by atoms with Crippen molar-refractivity contribution in [1.82, 2.24) is 5.48 Å². The highest BCUT2D eigenvalue weighted by Gasteiger charge is 2.06. The van der Waals surface area contributed by atoms with Crippen LogP contribution >= 0.6 is 15.9 Å². The molecule has 0 saturated heterocycles. The first-order chi connectivity index (χ1) is 10.0. The Morgan fingerprint density at radius 1 is 1.05 bits per heavy atom. The van der Waals surface area contributed by atoms with E-state index in [1.165, 1.54) is 6.07 Å². The maximum absolute atomic E-state index is 11.7. The van der Waals surface area contributed by atoms with Crippen molar-refractivity contribution in [3.8, 4) is 5.75 Å². The molecule has 21 heavy (non-hydrogen) atoms.